The van der Waals surface area contributed by atoms with Crippen LogP contribution in [0.5, 0.6) is 11.5 Å². The molecule has 1 atom stereocenters. The summed E-state index contributed by atoms with van der Waals surface area (Å²) in [6, 6.07) is 14.9. The number of hydrogen-bond donors (Lipinski definition) is 1. The molecule has 0 spiro atoms. The van der Waals surface area contributed by atoms with Gasteiger partial charge in [0.25, 0.3) is 0 Å². The van der Waals surface area contributed by atoms with Crippen molar-refractivity contribution in [2.45, 2.75) is 31.7 Å². The minimum atomic E-state index is -0.323. The highest BCUT2D eigenvalue weighted by atomic mass is 79.9. The number of aromatic nitrogens is 3. The van der Waals surface area contributed by atoms with Crippen LogP contribution in [0.3, 0.4) is 0 Å². The van der Waals surface area contributed by atoms with Gasteiger partial charge in [-0.2, -0.15) is 0 Å². The van der Waals surface area contributed by atoms with E-state index in [9.17, 15) is 4.79 Å². The van der Waals surface area contributed by atoms with E-state index < -0.39 is 0 Å². The quantitative estimate of drug-likeness (QED) is 0.268. The Labute approximate surface area is 200 Å². The van der Waals surface area contributed by atoms with Crippen molar-refractivity contribution in [1.82, 2.24) is 14.8 Å². The van der Waals surface area contributed by atoms with E-state index in [-0.39, 0.29) is 17.8 Å². The maximum atomic E-state index is 12.4. The Balaban J connectivity index is 1.62. The van der Waals surface area contributed by atoms with Crippen molar-refractivity contribution >= 4 is 39.3 Å². The molecule has 1 amide bonds. The Morgan fingerprint density at radius 3 is 2.53 bits per heavy atom. The normalized spacial score (nSPS) is 11.6. The molecule has 1 aromatic heterocycles. The summed E-state index contributed by atoms with van der Waals surface area (Å²) in [4.78, 5) is 12.4. The summed E-state index contributed by atoms with van der Waals surface area (Å²) in [7, 11) is 0. The highest BCUT2D eigenvalue weighted by molar-refractivity contribution is 9.10. The van der Waals surface area contributed by atoms with E-state index in [1.54, 1.807) is 6.08 Å². The number of allylic oxidation sites excluding steroid dienone is 1. The number of carbonyl (C=O) groups excluding carboxylic acids is 1. The number of nitrogens with one attached hydrogen (secondary N) is 1. The first-order chi connectivity index (χ1) is 15.5. The second-order valence-corrected chi connectivity index (χ2v) is 8.61. The van der Waals surface area contributed by atoms with E-state index >= 15 is 0 Å². The number of amides is 1. The van der Waals surface area contributed by atoms with Gasteiger partial charge in [0.2, 0.25) is 5.91 Å². The van der Waals surface area contributed by atoms with E-state index in [2.05, 4.69) is 38.0 Å². The molecule has 3 aromatic rings. The van der Waals surface area contributed by atoms with Gasteiger partial charge in [-0.15, -0.1) is 16.8 Å². The number of benzene rings is 2. The fourth-order valence-electron chi connectivity index (χ4n) is 2.91. The van der Waals surface area contributed by atoms with Crippen LogP contribution in [-0.2, 0) is 11.3 Å². The number of halogens is 1. The zero-order valence-corrected chi connectivity index (χ0v) is 20.4. The molecule has 32 heavy (non-hydrogen) atoms. The minimum absolute atomic E-state index is 0.131. The van der Waals surface area contributed by atoms with Crippen molar-refractivity contribution in [2.75, 3.05) is 17.7 Å². The Morgan fingerprint density at radius 1 is 1.19 bits per heavy atom. The van der Waals surface area contributed by atoms with Gasteiger partial charge in [0, 0.05) is 16.7 Å². The van der Waals surface area contributed by atoms with Gasteiger partial charge in [0.05, 0.1) is 12.4 Å². The van der Waals surface area contributed by atoms with Crippen LogP contribution in [0.15, 0.2) is 70.8 Å². The van der Waals surface area contributed by atoms with Gasteiger partial charge in [0.1, 0.15) is 11.5 Å². The van der Waals surface area contributed by atoms with Gasteiger partial charge in [0.15, 0.2) is 17.1 Å². The topological polar surface area (TPSA) is 78.3 Å². The Kier molecular flexibility index (Phi) is 8.75. The van der Waals surface area contributed by atoms with Gasteiger partial charge >= 0.3 is 0 Å². The molecule has 0 aliphatic rings. The molecule has 0 radical (unpaired) electrons. The van der Waals surface area contributed by atoms with Crippen molar-refractivity contribution in [3.63, 3.8) is 0 Å². The second kappa shape index (κ2) is 11.7. The summed E-state index contributed by atoms with van der Waals surface area (Å²) in [5.41, 5.74) is 0.712. The van der Waals surface area contributed by atoms with Gasteiger partial charge in [-0.1, -0.05) is 33.8 Å². The molecule has 0 aliphatic carbocycles. The molecule has 0 aliphatic heterocycles. The van der Waals surface area contributed by atoms with E-state index in [1.807, 2.05) is 66.9 Å². The van der Waals surface area contributed by atoms with Crippen molar-refractivity contribution in [3.05, 3.63) is 71.5 Å². The van der Waals surface area contributed by atoms with Crippen LogP contribution in [0.1, 0.15) is 25.8 Å². The van der Waals surface area contributed by atoms with Crippen LogP contribution in [0, 0.1) is 0 Å². The van der Waals surface area contributed by atoms with Crippen LogP contribution < -0.4 is 14.8 Å². The number of hydrogen-bond acceptors (Lipinski definition) is 6. The summed E-state index contributed by atoms with van der Waals surface area (Å²) in [6.07, 6.45) is 1.44. The van der Waals surface area contributed by atoms with Gasteiger partial charge in [-0.05, 0) is 62.4 Å². The van der Waals surface area contributed by atoms with Crippen LogP contribution in [-0.4, -0.2) is 33.0 Å². The third kappa shape index (κ3) is 6.61. The second-order valence-electron chi connectivity index (χ2n) is 6.75. The summed E-state index contributed by atoms with van der Waals surface area (Å²) < 4.78 is 14.3. The molecular formula is C23H25BrN4O3S. The van der Waals surface area contributed by atoms with E-state index in [4.69, 9.17) is 9.47 Å². The molecule has 1 N–H and O–H groups in total. The fourth-order valence-corrected chi connectivity index (χ4v) is 3.93. The van der Waals surface area contributed by atoms with Crippen LogP contribution >= 0.6 is 27.7 Å². The fraction of sp³-hybridized carbons (Fsp3) is 0.261. The number of rotatable bonds is 11. The molecule has 9 heteroatoms. The number of carbonyl (C=O) groups is 1. The largest absolute Gasteiger partial charge is 0.494 e. The SMILES string of the molecule is C=CCn1c(SCC(=O)Nc2ccc(OCC)cc2)nnc1C(C)Oc1ccc(Br)cc1. The average molecular weight is 517 g/mol. The molecule has 0 saturated heterocycles. The summed E-state index contributed by atoms with van der Waals surface area (Å²) >= 11 is 4.73. The number of anilines is 1. The number of ether oxygens (including phenoxy) is 2. The van der Waals surface area contributed by atoms with E-state index in [0.29, 0.717) is 29.8 Å². The molecule has 168 valence electrons. The number of nitrogens with zero attached hydrogens (tertiary/aromatic N) is 3. The average Bonchev–Trinajstić information content (AvgIpc) is 3.18. The zero-order chi connectivity index (χ0) is 22.9. The molecule has 0 bridgehead atoms. The van der Waals surface area contributed by atoms with Crippen molar-refractivity contribution in [2.24, 2.45) is 0 Å². The number of thioether (sulfide) groups is 1. The lowest BCUT2D eigenvalue weighted by Crippen LogP contribution is -2.15. The summed E-state index contributed by atoms with van der Waals surface area (Å²) in [6.45, 7) is 8.78. The van der Waals surface area contributed by atoms with Gasteiger partial charge in [-0.25, -0.2) is 0 Å². The van der Waals surface area contributed by atoms with Crippen molar-refractivity contribution in [1.29, 1.82) is 0 Å². The van der Waals surface area contributed by atoms with Crippen LogP contribution in [0.4, 0.5) is 5.69 Å². The van der Waals surface area contributed by atoms with E-state index in [1.165, 1.54) is 11.8 Å². The molecular weight excluding hydrogens is 492 g/mol. The van der Waals surface area contributed by atoms with Crippen molar-refractivity contribution in [3.8, 4) is 11.5 Å². The molecule has 0 fully saturated rings. The maximum Gasteiger partial charge on any atom is 0.234 e. The van der Waals surface area contributed by atoms with Gasteiger partial charge < -0.3 is 14.8 Å². The Hall–Kier alpha value is -2.78. The first-order valence-corrected chi connectivity index (χ1v) is 11.9. The predicted molar refractivity (Wildman–Crippen MR) is 130 cm³/mol. The van der Waals surface area contributed by atoms with Gasteiger partial charge in [-0.3, -0.25) is 9.36 Å². The third-order valence-corrected chi connectivity index (χ3v) is 5.82. The lowest BCUT2D eigenvalue weighted by molar-refractivity contribution is -0.113. The lowest BCUT2D eigenvalue weighted by atomic mass is 10.3. The molecule has 0 saturated carbocycles. The molecule has 2 aromatic carbocycles. The molecule has 3 rings (SSSR count). The lowest BCUT2D eigenvalue weighted by Gasteiger charge is -2.15. The minimum Gasteiger partial charge on any atom is -0.494 e. The smallest absolute Gasteiger partial charge is 0.234 e. The zero-order valence-electron chi connectivity index (χ0n) is 18.0. The molecule has 1 heterocycles. The highest BCUT2D eigenvalue weighted by Gasteiger charge is 2.20. The summed E-state index contributed by atoms with van der Waals surface area (Å²) in [5.74, 6) is 2.24. The Morgan fingerprint density at radius 2 is 1.88 bits per heavy atom. The third-order valence-electron chi connectivity index (χ3n) is 4.33. The highest BCUT2D eigenvalue weighted by Crippen LogP contribution is 2.26. The maximum absolute atomic E-state index is 12.4. The summed E-state index contributed by atoms with van der Waals surface area (Å²) in [5, 5.41) is 12.1. The molecule has 1 unspecified atom stereocenters. The first kappa shape index (κ1) is 23.9. The van der Waals surface area contributed by atoms with Crippen molar-refractivity contribution < 1.29 is 14.3 Å². The Bertz CT molecular complexity index is 1040. The van der Waals surface area contributed by atoms with E-state index in [0.717, 1.165) is 16.0 Å². The standard InChI is InChI=1S/C23H25BrN4O3S/c1-4-14-28-22(16(3)31-20-10-6-17(24)7-11-20)26-27-23(28)32-15-21(29)25-18-8-12-19(13-9-18)30-5-2/h4,6-13,16H,1,5,14-15H2,2-3H3,(H,25,29). The molecule has 7 nitrogen and oxygen atoms in total. The van der Waals surface area contributed by atoms with Crippen LogP contribution in [0.25, 0.3) is 0 Å². The first-order valence-electron chi connectivity index (χ1n) is 10.1. The predicted octanol–water partition coefficient (Wildman–Crippen LogP) is 5.50. The van der Waals surface area contributed by atoms with Crippen LogP contribution in [0.2, 0.25) is 0 Å². The monoisotopic (exact) mass is 516 g/mol.